The van der Waals surface area contributed by atoms with Crippen LogP contribution < -0.4 is 4.74 Å². The Balaban J connectivity index is 1.45. The van der Waals surface area contributed by atoms with E-state index in [4.69, 9.17) is 14.8 Å². The van der Waals surface area contributed by atoms with Crippen LogP contribution in [0, 0.1) is 23.0 Å². The van der Waals surface area contributed by atoms with Crippen LogP contribution in [0.2, 0.25) is 0 Å². The van der Waals surface area contributed by atoms with E-state index >= 15 is 8.78 Å². The molecule has 13 heteroatoms. The highest BCUT2D eigenvalue weighted by molar-refractivity contribution is 7.99. The number of carboxylic acids is 1. The Bertz CT molecular complexity index is 2070. The van der Waals surface area contributed by atoms with Crippen LogP contribution in [0.3, 0.4) is 0 Å². The maximum Gasteiger partial charge on any atom is 0.402 e. The minimum Gasteiger partial charge on any atom is -0.481 e. The minimum atomic E-state index is -4.92. The second-order valence-corrected chi connectivity index (χ2v) is 15.3. The molecule has 270 valence electrons. The van der Waals surface area contributed by atoms with Gasteiger partial charge in [-0.15, -0.1) is 0 Å². The zero-order valence-corrected chi connectivity index (χ0v) is 29.5. The van der Waals surface area contributed by atoms with E-state index in [0.717, 1.165) is 17.6 Å². The molecule has 2 aromatic heterocycles. The molecule has 0 radical (unpaired) electrons. The number of hydrogen-bond acceptors (Lipinski definition) is 5. The third kappa shape index (κ3) is 7.63. The topological polar surface area (TPSA) is 93.0 Å². The van der Waals surface area contributed by atoms with Crippen molar-refractivity contribution < 1.29 is 36.6 Å². The van der Waals surface area contributed by atoms with E-state index in [1.54, 1.807) is 43.2 Å². The number of halogens is 5. The molecule has 2 atom stereocenters. The van der Waals surface area contributed by atoms with Gasteiger partial charge in [0.1, 0.15) is 11.6 Å². The molecule has 5 aromatic rings. The number of thioether (sulfide) groups is 1. The molecule has 0 amide bonds. The van der Waals surface area contributed by atoms with Gasteiger partial charge in [0.2, 0.25) is 0 Å². The van der Waals surface area contributed by atoms with Gasteiger partial charge in [-0.1, -0.05) is 44.5 Å². The number of carboxylic acid groups (broad SMARTS) is 1. The van der Waals surface area contributed by atoms with E-state index < -0.39 is 41.5 Å². The standard InChI is InChI=1S/C38H39F5N4O3S/c1-36(2)13-6-14-37(3,23-8-5-7-22(17-23)18-28(34(48)49)38(41,42)43)35-45-33(47(4)46-35)27-19-24(9-10-29(27)39)50-32-26(12-16-51-21-36)25-11-15-44-31(25)20-30(32)40/h5,7-11,15,17,19-20,28,44H,6,12-14,16,18,21H2,1-4H3,(H,48,49). The highest BCUT2D eigenvalue weighted by atomic mass is 32.2. The first-order chi connectivity index (χ1) is 24.1. The van der Waals surface area contributed by atoms with Crippen molar-refractivity contribution in [3.8, 4) is 22.9 Å². The van der Waals surface area contributed by atoms with Crippen LogP contribution in [0.5, 0.6) is 11.5 Å². The van der Waals surface area contributed by atoms with Crippen molar-refractivity contribution in [1.29, 1.82) is 0 Å². The summed E-state index contributed by atoms with van der Waals surface area (Å²) in [5, 5.41) is 14.9. The van der Waals surface area contributed by atoms with Crippen LogP contribution in [-0.4, -0.2) is 48.5 Å². The summed E-state index contributed by atoms with van der Waals surface area (Å²) in [5.41, 5.74) is 1.23. The van der Waals surface area contributed by atoms with Gasteiger partial charge < -0.3 is 14.8 Å². The Morgan fingerprint density at radius 1 is 1.08 bits per heavy atom. The number of aliphatic carboxylic acids is 1. The van der Waals surface area contributed by atoms with Crippen molar-refractivity contribution in [1.82, 2.24) is 19.7 Å². The predicted octanol–water partition coefficient (Wildman–Crippen LogP) is 9.63. The second kappa shape index (κ2) is 14.0. The Labute approximate surface area is 296 Å². The lowest BCUT2D eigenvalue weighted by Gasteiger charge is -2.31. The summed E-state index contributed by atoms with van der Waals surface area (Å²) in [6, 6.07) is 13.8. The van der Waals surface area contributed by atoms with Gasteiger partial charge in [0.15, 0.2) is 29.1 Å². The number of H-pyrrole nitrogens is 1. The molecule has 6 rings (SSSR count). The number of ether oxygens (including phenoxy) is 1. The van der Waals surface area contributed by atoms with Crippen molar-refractivity contribution >= 4 is 28.6 Å². The largest absolute Gasteiger partial charge is 0.481 e. The van der Waals surface area contributed by atoms with Gasteiger partial charge in [-0.05, 0) is 84.9 Å². The molecule has 1 aliphatic rings. The fourth-order valence-corrected chi connectivity index (χ4v) is 8.00. The molecule has 1 aliphatic heterocycles. The van der Waals surface area contributed by atoms with Crippen LogP contribution in [0.1, 0.15) is 62.5 Å². The van der Waals surface area contributed by atoms with E-state index in [1.165, 1.54) is 35.0 Å². The molecule has 4 bridgehead atoms. The third-order valence-electron chi connectivity index (χ3n) is 9.74. The van der Waals surface area contributed by atoms with E-state index in [9.17, 15) is 23.1 Å². The third-order valence-corrected chi connectivity index (χ3v) is 11.2. The van der Waals surface area contributed by atoms with Gasteiger partial charge >= 0.3 is 12.1 Å². The lowest BCUT2D eigenvalue weighted by atomic mass is 9.75. The number of aromatic amines is 1. The summed E-state index contributed by atoms with van der Waals surface area (Å²) in [6.07, 6.45) is -1.34. The number of carbonyl (C=O) groups is 1. The normalized spacial score (nSPS) is 19.1. The van der Waals surface area contributed by atoms with Crippen molar-refractivity contribution in [2.24, 2.45) is 18.4 Å². The first-order valence-electron chi connectivity index (χ1n) is 16.7. The van der Waals surface area contributed by atoms with Crippen LogP contribution in [-0.2, 0) is 30.1 Å². The summed E-state index contributed by atoms with van der Waals surface area (Å²) >= 11 is 1.76. The van der Waals surface area contributed by atoms with Crippen molar-refractivity contribution in [2.75, 3.05) is 11.5 Å². The van der Waals surface area contributed by atoms with E-state index in [0.29, 0.717) is 47.5 Å². The van der Waals surface area contributed by atoms with Crippen molar-refractivity contribution in [2.45, 2.75) is 64.5 Å². The second-order valence-electron chi connectivity index (χ2n) is 14.2. The van der Waals surface area contributed by atoms with Gasteiger partial charge in [0.05, 0.1) is 11.0 Å². The number of aryl methyl sites for hydroxylation is 2. The summed E-state index contributed by atoms with van der Waals surface area (Å²) in [6.45, 7) is 6.25. The monoisotopic (exact) mass is 726 g/mol. The fourth-order valence-electron chi connectivity index (χ4n) is 6.81. The molecule has 0 aliphatic carbocycles. The zero-order valence-electron chi connectivity index (χ0n) is 28.7. The maximum atomic E-state index is 15.6. The molecule has 51 heavy (non-hydrogen) atoms. The molecule has 0 spiro atoms. The lowest BCUT2D eigenvalue weighted by molar-refractivity contribution is -0.193. The van der Waals surface area contributed by atoms with E-state index in [1.807, 2.05) is 13.0 Å². The Morgan fingerprint density at radius 2 is 1.86 bits per heavy atom. The maximum absolute atomic E-state index is 15.6. The average molecular weight is 727 g/mol. The lowest BCUT2D eigenvalue weighted by Crippen LogP contribution is -2.32. The number of rotatable bonds is 4. The molecular weight excluding hydrogens is 688 g/mol. The predicted molar refractivity (Wildman–Crippen MR) is 187 cm³/mol. The fraction of sp³-hybridized carbons (Fsp3) is 0.395. The molecule has 0 fully saturated rings. The first kappa shape index (κ1) is 36.4. The van der Waals surface area contributed by atoms with Crippen LogP contribution >= 0.6 is 11.8 Å². The molecule has 3 aromatic carbocycles. The number of fused-ring (bicyclic) bond motifs is 8. The Kier molecular flexibility index (Phi) is 9.97. The Morgan fingerprint density at radius 3 is 2.61 bits per heavy atom. The first-order valence-corrected chi connectivity index (χ1v) is 17.9. The average Bonchev–Trinajstić information content (AvgIpc) is 3.69. The number of hydrogen-bond donors (Lipinski definition) is 2. The SMILES string of the molecule is Cn1nc2nc1-c1cc(ccc1F)Oc1c(F)cc3[nH]ccc3c1CCSCC(C)(C)CCCC2(C)c1cccc(CC(C(=O)O)C(F)(F)F)c1. The number of alkyl halides is 3. The quantitative estimate of drug-likeness (QED) is 0.179. The summed E-state index contributed by atoms with van der Waals surface area (Å²) in [4.78, 5) is 19.5. The van der Waals surface area contributed by atoms with Crippen molar-refractivity contribution in [3.05, 3.63) is 94.9 Å². The van der Waals surface area contributed by atoms with E-state index in [-0.39, 0.29) is 33.9 Å². The van der Waals surface area contributed by atoms with E-state index in [2.05, 4.69) is 18.8 Å². The Hall–Kier alpha value is -4.39. The molecule has 0 saturated carbocycles. The van der Waals surface area contributed by atoms with Crippen LogP contribution in [0.4, 0.5) is 22.0 Å². The smallest absolute Gasteiger partial charge is 0.402 e. The zero-order chi connectivity index (χ0) is 36.7. The van der Waals surface area contributed by atoms with Crippen LogP contribution in [0.15, 0.2) is 60.8 Å². The van der Waals surface area contributed by atoms with Gasteiger partial charge in [-0.25, -0.2) is 18.4 Å². The highest BCUT2D eigenvalue weighted by Crippen LogP contribution is 2.42. The van der Waals surface area contributed by atoms with Gasteiger partial charge in [-0.3, -0.25) is 4.79 Å². The highest BCUT2D eigenvalue weighted by Gasteiger charge is 2.45. The number of nitrogens with zero attached hydrogens (tertiary/aromatic N) is 3. The summed E-state index contributed by atoms with van der Waals surface area (Å²) < 4.78 is 79.7. The van der Waals surface area contributed by atoms with Crippen LogP contribution in [0.25, 0.3) is 22.3 Å². The molecular formula is C38H39F5N4O3S. The van der Waals surface area contributed by atoms with Gasteiger partial charge in [-0.2, -0.15) is 30.0 Å². The minimum absolute atomic E-state index is 0.0711. The molecule has 3 heterocycles. The molecule has 7 nitrogen and oxygen atoms in total. The summed E-state index contributed by atoms with van der Waals surface area (Å²) in [5.74, 6) is -3.34. The van der Waals surface area contributed by atoms with Gasteiger partial charge in [0.25, 0.3) is 0 Å². The number of aromatic nitrogens is 4. The molecule has 0 saturated heterocycles. The van der Waals surface area contributed by atoms with Gasteiger partial charge in [0, 0.05) is 35.8 Å². The molecule has 2 N–H and O–H groups in total. The summed E-state index contributed by atoms with van der Waals surface area (Å²) in [7, 11) is 1.62. The number of benzene rings is 3. The number of nitrogens with one attached hydrogen (secondary N) is 1. The molecule has 2 unspecified atom stereocenters. The van der Waals surface area contributed by atoms with Crippen molar-refractivity contribution in [3.63, 3.8) is 0 Å².